The Hall–Kier alpha value is -0.750. The molecule has 0 aromatic carbocycles. The number of halogens is 1. The fourth-order valence-electron chi connectivity index (χ4n) is 2.59. The molecule has 0 saturated carbocycles. The van der Waals surface area contributed by atoms with Crippen LogP contribution in [-0.4, -0.2) is 39.2 Å². The molecular weight excluding hydrogens is 294 g/mol. The largest absolute Gasteiger partial charge is 0.393 e. The highest BCUT2D eigenvalue weighted by Crippen LogP contribution is 2.33. The van der Waals surface area contributed by atoms with E-state index < -0.39 is 0 Å². The summed E-state index contributed by atoms with van der Waals surface area (Å²) in [7, 11) is 0. The lowest BCUT2D eigenvalue weighted by atomic mass is 10.1. The van der Waals surface area contributed by atoms with Crippen LogP contribution >= 0.6 is 22.9 Å². The number of piperidine rings is 1. The Kier molecular flexibility index (Phi) is 3.95. The molecule has 2 aromatic rings. The first-order chi connectivity index (χ1) is 9.54. The molecule has 108 valence electrons. The summed E-state index contributed by atoms with van der Waals surface area (Å²) in [5, 5.41) is 11.1. The summed E-state index contributed by atoms with van der Waals surface area (Å²) in [6.45, 7) is 6.64. The lowest BCUT2D eigenvalue weighted by Crippen LogP contribution is -2.35. The third-order valence-corrected chi connectivity index (χ3v) is 5.33. The minimum atomic E-state index is -0.152. The van der Waals surface area contributed by atoms with Crippen molar-refractivity contribution in [2.45, 2.75) is 39.3 Å². The van der Waals surface area contributed by atoms with Crippen molar-refractivity contribution in [1.29, 1.82) is 0 Å². The quantitative estimate of drug-likeness (QED) is 0.866. The van der Waals surface area contributed by atoms with Crippen LogP contribution in [0.15, 0.2) is 0 Å². The third-order valence-electron chi connectivity index (χ3n) is 3.95. The minimum absolute atomic E-state index is 0.152. The summed E-state index contributed by atoms with van der Waals surface area (Å²) in [5.41, 5.74) is 1.18. The first-order valence-electron chi connectivity index (χ1n) is 6.87. The van der Waals surface area contributed by atoms with Crippen LogP contribution in [-0.2, 0) is 6.54 Å². The lowest BCUT2D eigenvalue weighted by Gasteiger charge is -2.28. The maximum atomic E-state index is 9.53. The summed E-state index contributed by atoms with van der Waals surface area (Å²) < 4.78 is 0. The number of aromatic nitrogens is 2. The Bertz CT molecular complexity index is 635. The summed E-state index contributed by atoms with van der Waals surface area (Å²) in [4.78, 5) is 13.6. The molecule has 20 heavy (non-hydrogen) atoms. The zero-order chi connectivity index (χ0) is 14.3. The number of hydrogen-bond acceptors (Lipinski definition) is 5. The van der Waals surface area contributed by atoms with Gasteiger partial charge in [-0.3, -0.25) is 4.90 Å². The van der Waals surface area contributed by atoms with Crippen molar-refractivity contribution in [1.82, 2.24) is 14.9 Å². The second-order valence-electron chi connectivity index (χ2n) is 5.40. The molecule has 1 aliphatic rings. The molecule has 2 aromatic heterocycles. The maximum absolute atomic E-state index is 9.53. The van der Waals surface area contributed by atoms with Gasteiger partial charge in [-0.1, -0.05) is 11.6 Å². The Morgan fingerprint density at radius 1 is 1.30 bits per heavy atom. The molecule has 1 N–H and O–H groups in total. The van der Waals surface area contributed by atoms with Crippen molar-refractivity contribution < 1.29 is 5.11 Å². The van der Waals surface area contributed by atoms with Crippen molar-refractivity contribution >= 4 is 33.2 Å². The van der Waals surface area contributed by atoms with E-state index in [-0.39, 0.29) is 6.10 Å². The molecule has 4 nitrogen and oxygen atoms in total. The number of fused-ring (bicyclic) bond motifs is 1. The molecule has 0 atom stereocenters. The third kappa shape index (κ3) is 2.68. The van der Waals surface area contributed by atoms with Gasteiger partial charge in [-0.2, -0.15) is 0 Å². The molecular formula is C14H18ClN3OS. The van der Waals surface area contributed by atoms with Gasteiger partial charge in [0.2, 0.25) is 0 Å². The van der Waals surface area contributed by atoms with Crippen LogP contribution in [0.2, 0.25) is 5.15 Å². The summed E-state index contributed by atoms with van der Waals surface area (Å²) >= 11 is 7.99. The smallest absolute Gasteiger partial charge is 0.145 e. The summed E-state index contributed by atoms with van der Waals surface area (Å²) in [6, 6.07) is 0. The number of nitrogens with zero attached hydrogens (tertiary/aromatic N) is 3. The second-order valence-corrected chi connectivity index (χ2v) is 6.96. The maximum Gasteiger partial charge on any atom is 0.145 e. The molecule has 3 heterocycles. The summed E-state index contributed by atoms with van der Waals surface area (Å²) in [5.74, 6) is 0.778. The fraction of sp³-hybridized carbons (Fsp3) is 0.571. The van der Waals surface area contributed by atoms with Crippen molar-refractivity contribution in [3.05, 3.63) is 21.4 Å². The molecule has 0 bridgehead atoms. The Balaban J connectivity index is 1.85. The van der Waals surface area contributed by atoms with E-state index in [0.717, 1.165) is 42.0 Å². The SMILES string of the molecule is Cc1sc2nc(CN3CCC(O)CC3)nc(Cl)c2c1C. The van der Waals surface area contributed by atoms with Gasteiger partial charge in [0.1, 0.15) is 15.8 Å². The Morgan fingerprint density at radius 2 is 2.00 bits per heavy atom. The van der Waals surface area contributed by atoms with Gasteiger partial charge >= 0.3 is 0 Å². The molecule has 1 saturated heterocycles. The van der Waals surface area contributed by atoms with Gasteiger partial charge < -0.3 is 5.11 Å². The van der Waals surface area contributed by atoms with Crippen molar-refractivity contribution in [3.63, 3.8) is 0 Å². The van der Waals surface area contributed by atoms with Crippen LogP contribution in [0.1, 0.15) is 29.1 Å². The number of rotatable bonds is 2. The zero-order valence-electron chi connectivity index (χ0n) is 11.7. The van der Waals surface area contributed by atoms with E-state index in [1.165, 1.54) is 10.4 Å². The highest BCUT2D eigenvalue weighted by molar-refractivity contribution is 7.18. The molecule has 0 radical (unpaired) electrons. The molecule has 0 unspecified atom stereocenters. The Morgan fingerprint density at radius 3 is 2.70 bits per heavy atom. The van der Waals surface area contributed by atoms with Crippen molar-refractivity contribution in [2.24, 2.45) is 0 Å². The second kappa shape index (κ2) is 5.56. The standard InChI is InChI=1S/C14H18ClN3OS/c1-8-9(2)20-14-12(8)13(15)16-11(17-14)7-18-5-3-10(19)4-6-18/h10,19H,3-7H2,1-2H3. The van der Waals surface area contributed by atoms with Gasteiger partial charge in [-0.15, -0.1) is 11.3 Å². The topological polar surface area (TPSA) is 49.2 Å². The van der Waals surface area contributed by atoms with Crippen LogP contribution in [0.4, 0.5) is 0 Å². The van der Waals surface area contributed by atoms with E-state index in [4.69, 9.17) is 11.6 Å². The van der Waals surface area contributed by atoms with Crippen LogP contribution < -0.4 is 0 Å². The first-order valence-corrected chi connectivity index (χ1v) is 8.06. The highest BCUT2D eigenvalue weighted by Gasteiger charge is 2.19. The average molecular weight is 312 g/mol. The molecule has 1 aliphatic heterocycles. The Labute approximate surface area is 127 Å². The van der Waals surface area contributed by atoms with Gasteiger partial charge in [0.25, 0.3) is 0 Å². The van der Waals surface area contributed by atoms with E-state index in [1.807, 2.05) is 0 Å². The summed E-state index contributed by atoms with van der Waals surface area (Å²) in [6.07, 6.45) is 1.50. The zero-order valence-corrected chi connectivity index (χ0v) is 13.3. The molecule has 3 rings (SSSR count). The van der Waals surface area contributed by atoms with Crippen molar-refractivity contribution in [2.75, 3.05) is 13.1 Å². The van der Waals surface area contributed by atoms with Crippen LogP contribution in [0, 0.1) is 13.8 Å². The normalized spacial score (nSPS) is 18.0. The van der Waals surface area contributed by atoms with Crippen molar-refractivity contribution in [3.8, 4) is 0 Å². The van der Waals surface area contributed by atoms with Gasteiger partial charge in [0, 0.05) is 18.0 Å². The van der Waals surface area contributed by atoms with Gasteiger partial charge in [0.15, 0.2) is 0 Å². The number of likely N-dealkylation sites (tertiary alicyclic amines) is 1. The van der Waals surface area contributed by atoms with E-state index in [1.54, 1.807) is 11.3 Å². The predicted molar refractivity (Wildman–Crippen MR) is 82.4 cm³/mol. The number of aliphatic hydroxyl groups excluding tert-OH is 1. The molecule has 6 heteroatoms. The first kappa shape index (κ1) is 14.2. The van der Waals surface area contributed by atoms with E-state index in [9.17, 15) is 5.11 Å². The number of thiophene rings is 1. The van der Waals surface area contributed by atoms with Gasteiger partial charge in [0.05, 0.1) is 18.0 Å². The molecule has 0 amide bonds. The predicted octanol–water partition coefficient (Wildman–Crippen LogP) is 2.92. The molecule has 1 fully saturated rings. The highest BCUT2D eigenvalue weighted by atomic mass is 35.5. The van der Waals surface area contributed by atoms with E-state index in [2.05, 4.69) is 28.7 Å². The fourth-order valence-corrected chi connectivity index (χ4v) is 4.02. The minimum Gasteiger partial charge on any atom is -0.393 e. The van der Waals surface area contributed by atoms with Gasteiger partial charge in [-0.25, -0.2) is 9.97 Å². The number of hydrogen-bond donors (Lipinski definition) is 1. The monoisotopic (exact) mass is 311 g/mol. The van der Waals surface area contributed by atoms with Crippen LogP contribution in [0.5, 0.6) is 0 Å². The average Bonchev–Trinajstić information content (AvgIpc) is 2.68. The molecule has 0 spiro atoms. The van der Waals surface area contributed by atoms with Crippen LogP contribution in [0.3, 0.4) is 0 Å². The van der Waals surface area contributed by atoms with E-state index >= 15 is 0 Å². The van der Waals surface area contributed by atoms with Crippen LogP contribution in [0.25, 0.3) is 10.2 Å². The van der Waals surface area contributed by atoms with E-state index in [0.29, 0.717) is 11.7 Å². The number of aryl methyl sites for hydroxylation is 2. The molecule has 0 aliphatic carbocycles. The number of aliphatic hydroxyl groups is 1. The van der Waals surface area contributed by atoms with Gasteiger partial charge in [-0.05, 0) is 32.3 Å². The lowest BCUT2D eigenvalue weighted by molar-refractivity contribution is 0.0781.